The Morgan fingerprint density at radius 3 is 2.48 bits per heavy atom. The second kappa shape index (κ2) is 7.99. The Balaban J connectivity index is 0.00000225. The summed E-state index contributed by atoms with van der Waals surface area (Å²) < 4.78 is 10.7. The van der Waals surface area contributed by atoms with Gasteiger partial charge in [-0.05, 0) is 30.3 Å². The molecule has 0 spiro atoms. The summed E-state index contributed by atoms with van der Waals surface area (Å²) in [6, 6.07) is 3.80. The van der Waals surface area contributed by atoms with E-state index in [9.17, 15) is 9.59 Å². The molecular formula is C16H20ClN3O4S. The number of thioether (sulfide) groups is 1. The van der Waals surface area contributed by atoms with Gasteiger partial charge in [0.25, 0.3) is 11.1 Å². The van der Waals surface area contributed by atoms with Crippen LogP contribution in [0.2, 0.25) is 0 Å². The summed E-state index contributed by atoms with van der Waals surface area (Å²) in [5.41, 5.74) is 7.71. The molecule has 2 saturated heterocycles. The fraction of sp³-hybridized carbons (Fsp3) is 0.375. The van der Waals surface area contributed by atoms with Gasteiger partial charge in [0.1, 0.15) is 0 Å². The number of nitrogens with one attached hydrogen (secondary N) is 1. The maximum atomic E-state index is 11.8. The average Bonchev–Trinajstić information content (AvgIpc) is 3.12. The van der Waals surface area contributed by atoms with E-state index in [0.717, 1.165) is 42.5 Å². The number of amides is 2. The standard InChI is InChI=1S/C16H19N3O4S.ClH/c1-22-12-5-9(6-14-15(20)18-16(21)24-14)11(7-13(12)23-2)19-4-3-10(17)8-19;/h5-7,10H,3-4,8,17H2,1-2H3,(H,18,20,21);1H/t10-;/m0./s1. The average molecular weight is 386 g/mol. The van der Waals surface area contributed by atoms with Crippen LogP contribution in [0.5, 0.6) is 11.5 Å². The van der Waals surface area contributed by atoms with Gasteiger partial charge in [0, 0.05) is 36.4 Å². The van der Waals surface area contributed by atoms with Crippen LogP contribution in [-0.4, -0.2) is 44.5 Å². The first-order valence-electron chi connectivity index (χ1n) is 7.53. The van der Waals surface area contributed by atoms with Crippen molar-refractivity contribution in [3.63, 3.8) is 0 Å². The minimum atomic E-state index is -0.385. The number of halogens is 1. The van der Waals surface area contributed by atoms with Crippen LogP contribution < -0.4 is 25.4 Å². The van der Waals surface area contributed by atoms with Crippen LogP contribution in [-0.2, 0) is 4.79 Å². The number of carbonyl (C=O) groups excluding carboxylic acids is 2. The van der Waals surface area contributed by atoms with Gasteiger partial charge < -0.3 is 20.1 Å². The molecule has 136 valence electrons. The first-order valence-corrected chi connectivity index (χ1v) is 8.35. The molecule has 7 nitrogen and oxygen atoms in total. The number of rotatable bonds is 4. The van der Waals surface area contributed by atoms with Gasteiger partial charge in [0.15, 0.2) is 11.5 Å². The number of benzene rings is 1. The van der Waals surface area contributed by atoms with E-state index in [1.54, 1.807) is 20.3 Å². The lowest BCUT2D eigenvalue weighted by atomic mass is 10.1. The van der Waals surface area contributed by atoms with Crippen molar-refractivity contribution in [1.82, 2.24) is 5.32 Å². The summed E-state index contributed by atoms with van der Waals surface area (Å²) in [4.78, 5) is 25.7. The molecule has 1 aromatic carbocycles. The first kappa shape index (κ1) is 19.4. The van der Waals surface area contributed by atoms with Gasteiger partial charge in [-0.2, -0.15) is 0 Å². The molecule has 0 saturated carbocycles. The molecule has 2 fully saturated rings. The second-order valence-corrected chi connectivity index (χ2v) is 6.63. The maximum absolute atomic E-state index is 11.8. The zero-order chi connectivity index (χ0) is 17.3. The Hall–Kier alpha value is -1.90. The van der Waals surface area contributed by atoms with Crippen molar-refractivity contribution in [1.29, 1.82) is 0 Å². The van der Waals surface area contributed by atoms with E-state index < -0.39 is 0 Å². The summed E-state index contributed by atoms with van der Waals surface area (Å²) in [6.45, 7) is 1.55. The third-order valence-corrected chi connectivity index (χ3v) is 4.84. The highest BCUT2D eigenvalue weighted by atomic mass is 35.5. The van der Waals surface area contributed by atoms with Gasteiger partial charge >= 0.3 is 0 Å². The highest BCUT2D eigenvalue weighted by molar-refractivity contribution is 8.18. The van der Waals surface area contributed by atoms with Crippen LogP contribution in [0.1, 0.15) is 12.0 Å². The molecule has 9 heteroatoms. The Morgan fingerprint density at radius 2 is 1.96 bits per heavy atom. The SMILES string of the molecule is COc1cc(C=C2SC(=O)NC2=O)c(N2CC[C@H](N)C2)cc1OC.Cl. The molecule has 0 aliphatic carbocycles. The summed E-state index contributed by atoms with van der Waals surface area (Å²) in [6.07, 6.45) is 2.60. The lowest BCUT2D eigenvalue weighted by Gasteiger charge is -2.22. The highest BCUT2D eigenvalue weighted by Gasteiger charge is 2.27. The van der Waals surface area contributed by atoms with E-state index in [1.807, 2.05) is 12.1 Å². The fourth-order valence-electron chi connectivity index (χ4n) is 2.84. The molecule has 3 rings (SSSR count). The monoisotopic (exact) mass is 385 g/mol. The largest absolute Gasteiger partial charge is 0.493 e. The van der Waals surface area contributed by atoms with Gasteiger partial charge in [-0.1, -0.05) is 0 Å². The fourth-order valence-corrected chi connectivity index (χ4v) is 3.51. The zero-order valence-corrected chi connectivity index (χ0v) is 15.5. The van der Waals surface area contributed by atoms with Gasteiger partial charge in [0.2, 0.25) is 0 Å². The van der Waals surface area contributed by atoms with E-state index in [1.165, 1.54) is 0 Å². The minimum Gasteiger partial charge on any atom is -0.493 e. The Labute approximate surface area is 156 Å². The van der Waals surface area contributed by atoms with Crippen LogP contribution in [0.15, 0.2) is 17.0 Å². The van der Waals surface area contributed by atoms with Crippen molar-refractivity contribution < 1.29 is 19.1 Å². The topological polar surface area (TPSA) is 93.9 Å². The van der Waals surface area contributed by atoms with Crippen LogP contribution in [0, 0.1) is 0 Å². The van der Waals surface area contributed by atoms with Crippen molar-refractivity contribution in [2.24, 2.45) is 5.73 Å². The summed E-state index contributed by atoms with van der Waals surface area (Å²) in [5, 5.41) is 1.90. The number of anilines is 1. The van der Waals surface area contributed by atoms with Gasteiger partial charge in [0.05, 0.1) is 19.1 Å². The lowest BCUT2D eigenvalue weighted by molar-refractivity contribution is -0.115. The second-order valence-electron chi connectivity index (χ2n) is 5.61. The van der Waals surface area contributed by atoms with Crippen LogP contribution in [0.4, 0.5) is 10.5 Å². The normalized spacial score (nSPS) is 21.3. The quantitative estimate of drug-likeness (QED) is 0.765. The van der Waals surface area contributed by atoms with E-state index in [-0.39, 0.29) is 29.6 Å². The molecule has 3 N–H and O–H groups in total. The van der Waals surface area contributed by atoms with E-state index in [2.05, 4.69) is 10.2 Å². The van der Waals surface area contributed by atoms with E-state index in [0.29, 0.717) is 16.4 Å². The predicted molar refractivity (Wildman–Crippen MR) is 101 cm³/mol. The maximum Gasteiger partial charge on any atom is 0.290 e. The Morgan fingerprint density at radius 1 is 1.28 bits per heavy atom. The Kier molecular flexibility index (Phi) is 6.21. The van der Waals surface area contributed by atoms with E-state index in [4.69, 9.17) is 15.2 Å². The van der Waals surface area contributed by atoms with E-state index >= 15 is 0 Å². The van der Waals surface area contributed by atoms with Crippen molar-refractivity contribution in [2.75, 3.05) is 32.2 Å². The molecule has 2 heterocycles. The molecule has 0 radical (unpaired) electrons. The number of nitrogens with two attached hydrogens (primary N) is 1. The van der Waals surface area contributed by atoms with Gasteiger partial charge in [-0.3, -0.25) is 14.9 Å². The number of carbonyl (C=O) groups is 2. The van der Waals surface area contributed by atoms with Crippen LogP contribution in [0.3, 0.4) is 0 Å². The molecule has 2 aliphatic heterocycles. The van der Waals surface area contributed by atoms with Gasteiger partial charge in [-0.25, -0.2) is 0 Å². The van der Waals surface area contributed by atoms with Crippen molar-refractivity contribution in [2.45, 2.75) is 12.5 Å². The smallest absolute Gasteiger partial charge is 0.290 e. The molecule has 2 aliphatic rings. The van der Waals surface area contributed by atoms with Crippen LogP contribution >= 0.6 is 24.2 Å². The number of imide groups is 1. The Bertz CT molecular complexity index is 726. The first-order chi connectivity index (χ1) is 11.5. The number of nitrogens with zero attached hydrogens (tertiary/aromatic N) is 1. The molecular weight excluding hydrogens is 366 g/mol. The van der Waals surface area contributed by atoms with Crippen LogP contribution in [0.25, 0.3) is 6.08 Å². The molecule has 0 aromatic heterocycles. The summed E-state index contributed by atoms with van der Waals surface area (Å²) >= 11 is 0.890. The third-order valence-electron chi connectivity index (χ3n) is 4.03. The van der Waals surface area contributed by atoms with Crippen molar-refractivity contribution >= 4 is 47.1 Å². The molecule has 1 atom stereocenters. The molecule has 25 heavy (non-hydrogen) atoms. The number of ether oxygens (including phenoxy) is 2. The lowest BCUT2D eigenvalue weighted by Crippen LogP contribution is -2.26. The van der Waals surface area contributed by atoms with Gasteiger partial charge in [-0.15, -0.1) is 12.4 Å². The molecule has 0 unspecified atom stereocenters. The van der Waals surface area contributed by atoms with Crippen molar-refractivity contribution in [3.05, 3.63) is 22.6 Å². The summed E-state index contributed by atoms with van der Waals surface area (Å²) in [7, 11) is 3.13. The van der Waals surface area contributed by atoms with Crippen molar-refractivity contribution in [3.8, 4) is 11.5 Å². The number of methoxy groups -OCH3 is 2. The summed E-state index contributed by atoms with van der Waals surface area (Å²) in [5.74, 6) is 0.782. The minimum absolute atomic E-state index is 0. The third kappa shape index (κ3) is 4.02. The molecule has 1 aromatic rings. The molecule has 2 amide bonds. The highest BCUT2D eigenvalue weighted by Crippen LogP contribution is 2.38. The zero-order valence-electron chi connectivity index (χ0n) is 13.9. The number of hydrogen-bond acceptors (Lipinski definition) is 7. The molecule has 0 bridgehead atoms. The number of hydrogen-bond donors (Lipinski definition) is 2. The predicted octanol–water partition coefficient (Wildman–Crippen LogP) is 1.99.